The van der Waals surface area contributed by atoms with Gasteiger partial charge >= 0.3 is 0 Å². The van der Waals surface area contributed by atoms with Crippen LogP contribution in [0.25, 0.3) is 10.9 Å². The molecule has 2 aromatic carbocycles. The molecule has 2 aliphatic rings. The number of rotatable bonds is 5. The van der Waals surface area contributed by atoms with Crippen LogP contribution in [-0.2, 0) is 6.54 Å². The lowest BCUT2D eigenvalue weighted by atomic mass is 9.99. The van der Waals surface area contributed by atoms with E-state index in [1.807, 2.05) is 12.3 Å². The minimum atomic E-state index is -0.360. The first kappa shape index (κ1) is 23.2. The molecule has 0 radical (unpaired) electrons. The zero-order chi connectivity index (χ0) is 24.4. The van der Waals surface area contributed by atoms with Crippen molar-refractivity contribution in [1.82, 2.24) is 14.8 Å². The third kappa shape index (κ3) is 4.98. The lowest BCUT2D eigenvalue weighted by Crippen LogP contribution is -2.48. The molecule has 2 saturated heterocycles. The summed E-state index contributed by atoms with van der Waals surface area (Å²) in [5.41, 5.74) is 3.22. The molecule has 8 heteroatoms. The summed E-state index contributed by atoms with van der Waals surface area (Å²) >= 11 is 0. The maximum atomic E-state index is 13.2. The Balaban J connectivity index is 1.26. The van der Waals surface area contributed by atoms with Gasteiger partial charge in [0.2, 0.25) is 0 Å². The van der Waals surface area contributed by atoms with Crippen LogP contribution in [-0.4, -0.2) is 64.9 Å². The number of aromatic nitrogens is 1. The zero-order valence-corrected chi connectivity index (χ0v) is 20.1. The second-order valence-corrected chi connectivity index (χ2v) is 9.71. The Bertz CT molecular complexity index is 1230. The summed E-state index contributed by atoms with van der Waals surface area (Å²) < 4.78 is 0. The van der Waals surface area contributed by atoms with Gasteiger partial charge in [-0.1, -0.05) is 31.2 Å². The summed E-state index contributed by atoms with van der Waals surface area (Å²) in [5, 5.41) is 13.0. The molecule has 0 spiro atoms. The van der Waals surface area contributed by atoms with E-state index < -0.39 is 0 Å². The van der Waals surface area contributed by atoms with Gasteiger partial charge in [-0.15, -0.1) is 0 Å². The van der Waals surface area contributed by atoms with Crippen molar-refractivity contribution in [3.05, 3.63) is 76.0 Å². The third-order valence-electron chi connectivity index (χ3n) is 7.19. The first-order chi connectivity index (χ1) is 17.0. The van der Waals surface area contributed by atoms with Gasteiger partial charge in [0.25, 0.3) is 11.6 Å². The summed E-state index contributed by atoms with van der Waals surface area (Å²) in [6.45, 7) is 7.26. The van der Waals surface area contributed by atoms with Crippen LogP contribution in [0, 0.1) is 16.0 Å². The van der Waals surface area contributed by atoms with Gasteiger partial charge in [0.05, 0.1) is 10.4 Å². The van der Waals surface area contributed by atoms with Crippen LogP contribution in [0.2, 0.25) is 0 Å². The fourth-order valence-corrected chi connectivity index (χ4v) is 5.31. The highest BCUT2D eigenvalue weighted by Crippen LogP contribution is 2.33. The molecule has 0 bridgehead atoms. The number of hydrogen-bond donors (Lipinski definition) is 0. The van der Waals surface area contributed by atoms with Gasteiger partial charge in [-0.05, 0) is 42.5 Å². The molecule has 1 amide bonds. The van der Waals surface area contributed by atoms with E-state index in [4.69, 9.17) is 0 Å². The summed E-state index contributed by atoms with van der Waals surface area (Å²) in [5.74, 6) is 0.365. The molecule has 0 aliphatic carbocycles. The molecule has 0 saturated carbocycles. The van der Waals surface area contributed by atoms with Crippen LogP contribution in [0.5, 0.6) is 0 Å². The Morgan fingerprint density at radius 1 is 1.09 bits per heavy atom. The predicted octanol–water partition coefficient (Wildman–Crippen LogP) is 4.34. The average Bonchev–Trinajstić information content (AvgIpc) is 2.88. The quantitative estimate of drug-likeness (QED) is 0.405. The summed E-state index contributed by atoms with van der Waals surface area (Å²) in [4.78, 5) is 35.5. The van der Waals surface area contributed by atoms with Crippen molar-refractivity contribution in [1.29, 1.82) is 0 Å². The third-order valence-corrected chi connectivity index (χ3v) is 7.19. The molecule has 1 unspecified atom stereocenters. The monoisotopic (exact) mass is 473 g/mol. The molecule has 8 nitrogen and oxygen atoms in total. The number of pyridine rings is 1. The molecule has 0 N–H and O–H groups in total. The van der Waals surface area contributed by atoms with Crippen molar-refractivity contribution in [2.75, 3.05) is 44.2 Å². The molecular weight excluding hydrogens is 442 g/mol. The van der Waals surface area contributed by atoms with Crippen molar-refractivity contribution >= 4 is 28.2 Å². The number of carbonyl (C=O) groups excluding carboxylic acids is 1. The predicted molar refractivity (Wildman–Crippen MR) is 137 cm³/mol. The van der Waals surface area contributed by atoms with Gasteiger partial charge in [0, 0.05) is 69.0 Å². The van der Waals surface area contributed by atoms with E-state index in [0.29, 0.717) is 30.3 Å². The smallest absolute Gasteiger partial charge is 0.293 e. The zero-order valence-electron chi connectivity index (χ0n) is 20.1. The van der Waals surface area contributed by atoms with Crippen LogP contribution < -0.4 is 4.90 Å². The Morgan fingerprint density at radius 2 is 1.89 bits per heavy atom. The van der Waals surface area contributed by atoms with Gasteiger partial charge in [0.15, 0.2) is 0 Å². The number of nitro groups is 1. The number of benzene rings is 2. The van der Waals surface area contributed by atoms with Gasteiger partial charge in [-0.3, -0.25) is 24.8 Å². The highest BCUT2D eigenvalue weighted by Gasteiger charge is 2.28. The standard InChI is InChI=1S/C27H31N5O3/c1-20-5-4-12-31(18-20)24-10-9-22(17-25(24)32(34)35)27(33)30-15-13-29(14-16-30)19-23-7-2-6-21-8-3-11-28-26(21)23/h2-3,6-11,17,20H,4-5,12-16,18-19H2,1H3. The maximum Gasteiger partial charge on any atom is 0.293 e. The van der Waals surface area contributed by atoms with Crippen LogP contribution >= 0.6 is 0 Å². The molecule has 35 heavy (non-hydrogen) atoms. The number of piperazine rings is 1. The number of fused-ring (bicyclic) bond motifs is 1. The van der Waals surface area contributed by atoms with E-state index >= 15 is 0 Å². The van der Waals surface area contributed by atoms with Crippen molar-refractivity contribution in [2.24, 2.45) is 5.92 Å². The van der Waals surface area contributed by atoms with Crippen LogP contribution in [0.15, 0.2) is 54.7 Å². The number of nitro benzene ring substituents is 1. The fraction of sp³-hybridized carbons (Fsp3) is 0.407. The lowest BCUT2D eigenvalue weighted by Gasteiger charge is -2.35. The Kier molecular flexibility index (Phi) is 6.63. The van der Waals surface area contributed by atoms with Crippen LogP contribution in [0.1, 0.15) is 35.7 Å². The van der Waals surface area contributed by atoms with Crippen molar-refractivity contribution in [3.63, 3.8) is 0 Å². The second-order valence-electron chi connectivity index (χ2n) is 9.71. The number of piperidine rings is 1. The van der Waals surface area contributed by atoms with Gasteiger partial charge in [-0.2, -0.15) is 0 Å². The van der Waals surface area contributed by atoms with E-state index in [2.05, 4.69) is 46.0 Å². The Labute approximate surface area is 205 Å². The Hall–Kier alpha value is -3.52. The van der Waals surface area contributed by atoms with Gasteiger partial charge in [0.1, 0.15) is 5.69 Å². The largest absolute Gasteiger partial charge is 0.366 e. The molecule has 3 heterocycles. The topological polar surface area (TPSA) is 82.8 Å². The highest BCUT2D eigenvalue weighted by atomic mass is 16.6. The van der Waals surface area contributed by atoms with Crippen LogP contribution in [0.4, 0.5) is 11.4 Å². The minimum absolute atomic E-state index is 0.0204. The normalized spacial score (nSPS) is 19.2. The molecule has 182 valence electrons. The molecule has 2 fully saturated rings. The van der Waals surface area contributed by atoms with Crippen molar-refractivity contribution < 1.29 is 9.72 Å². The molecule has 2 aliphatic heterocycles. The number of amides is 1. The average molecular weight is 474 g/mol. The molecule has 1 aromatic heterocycles. The lowest BCUT2D eigenvalue weighted by molar-refractivity contribution is -0.384. The highest BCUT2D eigenvalue weighted by molar-refractivity contribution is 5.96. The first-order valence-electron chi connectivity index (χ1n) is 12.4. The minimum Gasteiger partial charge on any atom is -0.366 e. The molecule has 1 atom stereocenters. The Morgan fingerprint density at radius 3 is 2.66 bits per heavy atom. The second kappa shape index (κ2) is 10.00. The van der Waals surface area contributed by atoms with E-state index in [1.54, 1.807) is 17.0 Å². The van der Waals surface area contributed by atoms with E-state index in [-0.39, 0.29) is 16.5 Å². The number of anilines is 1. The molecule has 5 rings (SSSR count). The first-order valence-corrected chi connectivity index (χ1v) is 12.4. The molecular formula is C27H31N5O3. The van der Waals surface area contributed by atoms with Crippen molar-refractivity contribution in [2.45, 2.75) is 26.3 Å². The van der Waals surface area contributed by atoms with Crippen molar-refractivity contribution in [3.8, 4) is 0 Å². The fourth-order valence-electron chi connectivity index (χ4n) is 5.31. The van der Waals surface area contributed by atoms with Gasteiger partial charge < -0.3 is 9.80 Å². The SMILES string of the molecule is CC1CCCN(c2ccc(C(=O)N3CCN(Cc4cccc5cccnc45)CC3)cc2[N+](=O)[O-])C1. The number of para-hydroxylation sites is 1. The summed E-state index contributed by atoms with van der Waals surface area (Å²) in [7, 11) is 0. The van der Waals surface area contributed by atoms with E-state index in [0.717, 1.165) is 56.5 Å². The van der Waals surface area contributed by atoms with E-state index in [9.17, 15) is 14.9 Å². The van der Waals surface area contributed by atoms with Crippen LogP contribution in [0.3, 0.4) is 0 Å². The summed E-state index contributed by atoms with van der Waals surface area (Å²) in [6.07, 6.45) is 3.99. The maximum absolute atomic E-state index is 13.2. The number of carbonyl (C=O) groups is 1. The summed E-state index contributed by atoms with van der Waals surface area (Å²) in [6, 6.07) is 15.2. The number of hydrogen-bond acceptors (Lipinski definition) is 6. The number of nitrogens with zero attached hydrogens (tertiary/aromatic N) is 5. The van der Waals surface area contributed by atoms with Gasteiger partial charge in [-0.25, -0.2) is 0 Å². The van der Waals surface area contributed by atoms with E-state index in [1.165, 1.54) is 11.6 Å². The molecule has 3 aromatic rings.